The van der Waals surface area contributed by atoms with E-state index in [2.05, 4.69) is 36.3 Å². The lowest BCUT2D eigenvalue weighted by Gasteiger charge is -2.06. The summed E-state index contributed by atoms with van der Waals surface area (Å²) in [4.78, 5) is 20.1. The second kappa shape index (κ2) is 6.99. The van der Waals surface area contributed by atoms with Crippen LogP contribution in [0, 0.1) is 0 Å². The van der Waals surface area contributed by atoms with Crippen LogP contribution >= 0.6 is 22.9 Å². The Kier molecular flexibility index (Phi) is 4.60. The van der Waals surface area contributed by atoms with E-state index in [4.69, 9.17) is 11.6 Å². The SMILES string of the molecule is O=C(NNc1ccc(Cl)nn1)Nc1nc(-c2cccnc2)cs1. The molecular weight excluding hydrogens is 338 g/mol. The Balaban J connectivity index is 1.56. The number of aromatic nitrogens is 4. The summed E-state index contributed by atoms with van der Waals surface area (Å²) in [6.45, 7) is 0. The average molecular weight is 348 g/mol. The van der Waals surface area contributed by atoms with E-state index >= 15 is 0 Å². The van der Waals surface area contributed by atoms with Gasteiger partial charge in [0.25, 0.3) is 0 Å². The van der Waals surface area contributed by atoms with Gasteiger partial charge in [0.2, 0.25) is 0 Å². The summed E-state index contributed by atoms with van der Waals surface area (Å²) in [5, 5.41) is 12.6. The van der Waals surface area contributed by atoms with Crippen LogP contribution in [-0.4, -0.2) is 26.2 Å². The Morgan fingerprint density at radius 3 is 2.87 bits per heavy atom. The number of anilines is 2. The molecule has 0 fully saturated rings. The number of amides is 2. The molecule has 0 aromatic carbocycles. The van der Waals surface area contributed by atoms with Crippen LogP contribution in [0.1, 0.15) is 0 Å². The van der Waals surface area contributed by atoms with Crippen molar-refractivity contribution in [1.82, 2.24) is 25.6 Å². The fourth-order valence-corrected chi connectivity index (χ4v) is 2.43. The van der Waals surface area contributed by atoms with Crippen LogP contribution in [0.3, 0.4) is 0 Å². The number of halogens is 1. The highest BCUT2D eigenvalue weighted by Gasteiger charge is 2.08. The first-order valence-corrected chi connectivity index (χ1v) is 7.64. The molecule has 0 spiro atoms. The smallest absolute Gasteiger partial charge is 0.282 e. The molecule has 0 bridgehead atoms. The Morgan fingerprint density at radius 1 is 1.22 bits per heavy atom. The number of carbonyl (C=O) groups is 1. The van der Waals surface area contributed by atoms with Gasteiger partial charge in [-0.15, -0.1) is 21.5 Å². The van der Waals surface area contributed by atoms with Gasteiger partial charge in [-0.1, -0.05) is 11.6 Å². The van der Waals surface area contributed by atoms with E-state index in [9.17, 15) is 4.79 Å². The zero-order valence-corrected chi connectivity index (χ0v) is 13.1. The van der Waals surface area contributed by atoms with Gasteiger partial charge in [-0.25, -0.2) is 15.2 Å². The van der Waals surface area contributed by atoms with Crippen molar-refractivity contribution in [2.24, 2.45) is 0 Å². The highest BCUT2D eigenvalue weighted by Crippen LogP contribution is 2.23. The summed E-state index contributed by atoms with van der Waals surface area (Å²) in [6, 6.07) is 6.38. The van der Waals surface area contributed by atoms with Crippen molar-refractivity contribution in [3.63, 3.8) is 0 Å². The number of carbonyl (C=O) groups excluding carboxylic acids is 1. The Hall–Kier alpha value is -2.78. The summed E-state index contributed by atoms with van der Waals surface area (Å²) < 4.78 is 0. The van der Waals surface area contributed by atoms with E-state index in [0.29, 0.717) is 10.9 Å². The summed E-state index contributed by atoms with van der Waals surface area (Å²) in [6.07, 6.45) is 3.40. The van der Waals surface area contributed by atoms with Crippen LogP contribution in [0.2, 0.25) is 5.15 Å². The highest BCUT2D eigenvalue weighted by molar-refractivity contribution is 7.14. The normalized spacial score (nSPS) is 10.1. The number of thiazole rings is 1. The van der Waals surface area contributed by atoms with Gasteiger partial charge in [-0.2, -0.15) is 0 Å². The third-order valence-corrected chi connectivity index (χ3v) is 3.58. The molecule has 0 atom stereocenters. The Bertz CT molecular complexity index is 794. The van der Waals surface area contributed by atoms with Gasteiger partial charge >= 0.3 is 6.03 Å². The third kappa shape index (κ3) is 4.11. The van der Waals surface area contributed by atoms with E-state index in [0.717, 1.165) is 11.3 Å². The number of nitrogens with one attached hydrogen (secondary N) is 3. The fraction of sp³-hybridized carbons (Fsp3) is 0. The first kappa shape index (κ1) is 15.1. The van der Waals surface area contributed by atoms with Crippen LogP contribution in [0.4, 0.5) is 15.7 Å². The number of hydrogen-bond acceptors (Lipinski definition) is 7. The summed E-state index contributed by atoms with van der Waals surface area (Å²) in [5.74, 6) is 0.361. The van der Waals surface area contributed by atoms with Gasteiger partial charge < -0.3 is 0 Å². The Labute approximate surface area is 139 Å². The Morgan fingerprint density at radius 2 is 2.13 bits per heavy atom. The minimum atomic E-state index is -0.478. The maximum absolute atomic E-state index is 11.8. The van der Waals surface area contributed by atoms with Gasteiger partial charge in [0.15, 0.2) is 16.1 Å². The summed E-state index contributed by atoms with van der Waals surface area (Å²) in [5.41, 5.74) is 6.65. The molecule has 0 aliphatic heterocycles. The van der Waals surface area contributed by atoms with Crippen molar-refractivity contribution in [1.29, 1.82) is 0 Å². The van der Waals surface area contributed by atoms with E-state index in [-0.39, 0.29) is 5.15 Å². The number of urea groups is 1. The molecule has 0 saturated carbocycles. The number of hydrogen-bond donors (Lipinski definition) is 3. The molecule has 8 nitrogen and oxygen atoms in total. The molecule has 116 valence electrons. The molecule has 3 rings (SSSR count). The second-order valence-electron chi connectivity index (χ2n) is 4.23. The average Bonchev–Trinajstić information content (AvgIpc) is 3.04. The summed E-state index contributed by atoms with van der Waals surface area (Å²) in [7, 11) is 0. The zero-order valence-electron chi connectivity index (χ0n) is 11.5. The van der Waals surface area contributed by atoms with E-state index in [1.54, 1.807) is 24.5 Å². The van der Waals surface area contributed by atoms with Gasteiger partial charge in [0, 0.05) is 23.3 Å². The van der Waals surface area contributed by atoms with Crippen LogP contribution in [-0.2, 0) is 0 Å². The van der Waals surface area contributed by atoms with Gasteiger partial charge in [-0.3, -0.25) is 15.7 Å². The van der Waals surface area contributed by atoms with E-state index in [1.165, 1.54) is 11.3 Å². The van der Waals surface area contributed by atoms with Gasteiger partial charge in [0.05, 0.1) is 5.69 Å². The molecule has 3 heterocycles. The number of rotatable bonds is 4. The molecule has 3 aromatic rings. The lowest BCUT2D eigenvalue weighted by molar-refractivity contribution is 0.254. The van der Waals surface area contributed by atoms with Crippen molar-refractivity contribution in [2.45, 2.75) is 0 Å². The van der Waals surface area contributed by atoms with Crippen LogP contribution in [0.5, 0.6) is 0 Å². The molecule has 0 aliphatic carbocycles. The lowest BCUT2D eigenvalue weighted by atomic mass is 10.2. The predicted molar refractivity (Wildman–Crippen MR) is 88.2 cm³/mol. The maximum Gasteiger partial charge on any atom is 0.339 e. The van der Waals surface area contributed by atoms with Crippen LogP contribution in [0.15, 0.2) is 42.0 Å². The molecular formula is C13H10ClN7OS. The number of hydrazine groups is 1. The summed E-state index contributed by atoms with van der Waals surface area (Å²) >= 11 is 6.93. The van der Waals surface area contributed by atoms with E-state index in [1.807, 2.05) is 17.5 Å². The lowest BCUT2D eigenvalue weighted by Crippen LogP contribution is -2.33. The van der Waals surface area contributed by atoms with Crippen molar-refractivity contribution in [3.8, 4) is 11.3 Å². The maximum atomic E-state index is 11.8. The monoisotopic (exact) mass is 347 g/mol. The molecule has 0 radical (unpaired) electrons. The molecule has 2 amide bonds. The third-order valence-electron chi connectivity index (χ3n) is 2.62. The van der Waals surface area contributed by atoms with Crippen molar-refractivity contribution < 1.29 is 4.79 Å². The second-order valence-corrected chi connectivity index (χ2v) is 5.47. The standard InChI is InChI=1S/C13H10ClN7OS/c14-10-3-4-11(19-18-10)20-21-12(22)17-13-16-9(7-23-13)8-2-1-5-15-6-8/h1-7H,(H,19,20)(H2,16,17,21,22). The van der Waals surface area contributed by atoms with Gasteiger partial charge in [-0.05, 0) is 24.3 Å². The van der Waals surface area contributed by atoms with Crippen molar-refractivity contribution >= 4 is 39.9 Å². The molecule has 23 heavy (non-hydrogen) atoms. The van der Waals surface area contributed by atoms with Crippen molar-refractivity contribution in [2.75, 3.05) is 10.7 Å². The number of pyridine rings is 1. The largest absolute Gasteiger partial charge is 0.339 e. The molecule has 0 saturated heterocycles. The van der Waals surface area contributed by atoms with Crippen molar-refractivity contribution in [3.05, 3.63) is 47.2 Å². The molecule has 3 N–H and O–H groups in total. The topological polar surface area (TPSA) is 105 Å². The molecule has 3 aromatic heterocycles. The van der Waals surface area contributed by atoms with Crippen LogP contribution < -0.4 is 16.2 Å². The molecule has 0 unspecified atom stereocenters. The van der Waals surface area contributed by atoms with Gasteiger partial charge in [0.1, 0.15) is 0 Å². The minimum Gasteiger partial charge on any atom is -0.282 e. The predicted octanol–water partition coefficient (Wildman–Crippen LogP) is 2.80. The first-order chi connectivity index (χ1) is 11.2. The zero-order chi connectivity index (χ0) is 16.1. The quantitative estimate of drug-likeness (QED) is 0.627. The number of nitrogens with zero attached hydrogens (tertiary/aromatic N) is 4. The van der Waals surface area contributed by atoms with Crippen LogP contribution in [0.25, 0.3) is 11.3 Å². The fourth-order valence-electron chi connectivity index (χ4n) is 1.61. The molecule has 0 aliphatic rings. The highest BCUT2D eigenvalue weighted by atomic mass is 35.5. The molecule has 10 heteroatoms. The first-order valence-electron chi connectivity index (χ1n) is 6.39. The van der Waals surface area contributed by atoms with E-state index < -0.39 is 6.03 Å². The minimum absolute atomic E-state index is 0.269.